The second kappa shape index (κ2) is 11.0. The molecule has 4 rings (SSSR count). The molecule has 1 fully saturated rings. The van der Waals surface area contributed by atoms with Crippen molar-refractivity contribution in [2.75, 3.05) is 6.61 Å². The Hall–Kier alpha value is -2.50. The van der Waals surface area contributed by atoms with Crippen molar-refractivity contribution in [3.8, 4) is 0 Å². The molecule has 0 bridgehead atoms. The molecule has 3 atom stereocenters. The predicted octanol–water partition coefficient (Wildman–Crippen LogP) is 4.93. The highest BCUT2D eigenvalue weighted by atomic mass is 16.6. The van der Waals surface area contributed by atoms with Gasteiger partial charge in [-0.3, -0.25) is 0 Å². The minimum Gasteiger partial charge on any atom is -0.374 e. The second-order valence-corrected chi connectivity index (χ2v) is 7.33. The van der Waals surface area contributed by atoms with Crippen molar-refractivity contribution in [2.45, 2.75) is 38.1 Å². The first-order valence-corrected chi connectivity index (χ1v) is 10.3. The van der Waals surface area contributed by atoms with Crippen molar-refractivity contribution >= 4 is 0 Å². The van der Waals surface area contributed by atoms with Gasteiger partial charge in [-0.2, -0.15) is 0 Å². The van der Waals surface area contributed by atoms with Crippen molar-refractivity contribution in [1.82, 2.24) is 0 Å². The lowest BCUT2D eigenvalue weighted by Crippen LogP contribution is -2.37. The van der Waals surface area contributed by atoms with Gasteiger partial charge in [0.05, 0.1) is 26.4 Å². The smallest absolute Gasteiger partial charge is 0.116 e. The molecular weight excluding hydrogens is 376 g/mol. The molecule has 4 nitrogen and oxygen atoms in total. The van der Waals surface area contributed by atoms with Crippen LogP contribution in [0.4, 0.5) is 0 Å². The van der Waals surface area contributed by atoms with E-state index in [0.717, 1.165) is 16.7 Å². The molecule has 1 radical (unpaired) electrons. The third-order valence-corrected chi connectivity index (χ3v) is 5.04. The Morgan fingerprint density at radius 2 is 1.10 bits per heavy atom. The van der Waals surface area contributed by atoms with E-state index >= 15 is 0 Å². The van der Waals surface area contributed by atoms with Gasteiger partial charge in [-0.15, -0.1) is 0 Å². The zero-order valence-electron chi connectivity index (χ0n) is 16.9. The van der Waals surface area contributed by atoms with Crippen molar-refractivity contribution < 1.29 is 18.9 Å². The molecule has 0 N–H and O–H groups in total. The summed E-state index contributed by atoms with van der Waals surface area (Å²) < 4.78 is 24.2. The van der Waals surface area contributed by atoms with E-state index in [4.69, 9.17) is 18.9 Å². The van der Waals surface area contributed by atoms with Gasteiger partial charge in [-0.25, -0.2) is 0 Å². The second-order valence-electron chi connectivity index (χ2n) is 7.33. The highest BCUT2D eigenvalue weighted by molar-refractivity contribution is 5.15. The fourth-order valence-electron chi connectivity index (χ4n) is 3.42. The average Bonchev–Trinajstić information content (AvgIpc) is 3.20. The van der Waals surface area contributed by atoms with E-state index in [1.165, 1.54) is 0 Å². The van der Waals surface area contributed by atoms with Crippen LogP contribution in [0.5, 0.6) is 0 Å². The molecule has 1 heterocycles. The average molecular weight is 403 g/mol. The summed E-state index contributed by atoms with van der Waals surface area (Å²) in [4.78, 5) is 0. The number of benzene rings is 3. The minimum absolute atomic E-state index is 0.210. The number of hydrogen-bond donors (Lipinski definition) is 0. The molecule has 3 aromatic carbocycles. The maximum Gasteiger partial charge on any atom is 0.116 e. The highest BCUT2D eigenvalue weighted by Gasteiger charge is 2.39. The standard InChI is InChI=1S/C26H27O4/c1-4-10-21(11-5-1)16-27-19-24-26(30-18-23-14-8-3-9-15-23)25(20-29-24)28-17-22-12-6-2-7-13-22/h1-15,20,24-26H,16-19H2/t24-,25+,26-/m1/s1. The first kappa shape index (κ1) is 20.8. The van der Waals surface area contributed by atoms with Gasteiger partial charge in [-0.05, 0) is 16.7 Å². The maximum absolute atomic E-state index is 6.24. The van der Waals surface area contributed by atoms with E-state index in [0.29, 0.717) is 26.4 Å². The van der Waals surface area contributed by atoms with Crippen LogP contribution in [0.1, 0.15) is 16.7 Å². The van der Waals surface area contributed by atoms with Crippen LogP contribution in [0.3, 0.4) is 0 Å². The quantitative estimate of drug-likeness (QED) is 0.481. The fourth-order valence-corrected chi connectivity index (χ4v) is 3.42. The molecule has 0 saturated carbocycles. The molecule has 4 heteroatoms. The van der Waals surface area contributed by atoms with Crippen molar-refractivity contribution in [3.63, 3.8) is 0 Å². The Morgan fingerprint density at radius 1 is 0.600 bits per heavy atom. The molecule has 1 aliphatic heterocycles. The Balaban J connectivity index is 1.35. The lowest BCUT2D eigenvalue weighted by molar-refractivity contribution is -0.0894. The van der Waals surface area contributed by atoms with Gasteiger partial charge in [0.1, 0.15) is 24.9 Å². The Bertz CT molecular complexity index is 854. The molecule has 0 spiro atoms. The van der Waals surface area contributed by atoms with Crippen molar-refractivity contribution in [1.29, 1.82) is 0 Å². The summed E-state index contributed by atoms with van der Waals surface area (Å²) in [5.41, 5.74) is 3.38. The SMILES string of the molecule is [CH]1O[C@H](COCc2ccccc2)[C@@H](OCc2ccccc2)[C@H]1OCc1ccccc1. The molecule has 0 amide bonds. The summed E-state index contributed by atoms with van der Waals surface area (Å²) in [7, 11) is 0. The summed E-state index contributed by atoms with van der Waals surface area (Å²) in [5, 5.41) is 0. The number of ether oxygens (including phenoxy) is 4. The van der Waals surface area contributed by atoms with Crippen LogP contribution < -0.4 is 0 Å². The summed E-state index contributed by atoms with van der Waals surface area (Å²) >= 11 is 0. The van der Waals surface area contributed by atoms with Gasteiger partial charge in [0.15, 0.2) is 0 Å². The van der Waals surface area contributed by atoms with Crippen molar-refractivity contribution in [3.05, 3.63) is 114 Å². The maximum atomic E-state index is 6.24. The van der Waals surface area contributed by atoms with Crippen LogP contribution in [0.2, 0.25) is 0 Å². The first-order chi connectivity index (χ1) is 14.9. The molecule has 3 aromatic rings. The van der Waals surface area contributed by atoms with E-state index in [1.807, 2.05) is 54.6 Å². The number of hydrogen-bond acceptors (Lipinski definition) is 4. The van der Waals surface area contributed by atoms with Gasteiger partial charge >= 0.3 is 0 Å². The predicted molar refractivity (Wildman–Crippen MR) is 115 cm³/mol. The Kier molecular flexibility index (Phi) is 7.64. The summed E-state index contributed by atoms with van der Waals surface area (Å²) in [6.45, 7) is 3.74. The first-order valence-electron chi connectivity index (χ1n) is 10.3. The molecule has 155 valence electrons. The summed E-state index contributed by atoms with van der Waals surface area (Å²) in [6, 6.07) is 30.4. The molecule has 1 saturated heterocycles. The largest absolute Gasteiger partial charge is 0.374 e. The van der Waals surface area contributed by atoms with Crippen LogP contribution in [0.25, 0.3) is 0 Å². The monoisotopic (exact) mass is 403 g/mol. The summed E-state index contributed by atoms with van der Waals surface area (Å²) in [5.74, 6) is 0. The zero-order chi connectivity index (χ0) is 20.4. The zero-order valence-corrected chi connectivity index (χ0v) is 16.9. The highest BCUT2D eigenvalue weighted by Crippen LogP contribution is 2.26. The van der Waals surface area contributed by atoms with Crippen LogP contribution in [0.15, 0.2) is 91.0 Å². The minimum atomic E-state index is -0.251. The van der Waals surface area contributed by atoms with Gasteiger partial charge < -0.3 is 18.9 Å². The summed E-state index contributed by atoms with van der Waals surface area (Å²) in [6.07, 6.45) is -0.692. The van der Waals surface area contributed by atoms with Crippen molar-refractivity contribution in [2.24, 2.45) is 0 Å². The van der Waals surface area contributed by atoms with Gasteiger partial charge in [0, 0.05) is 0 Å². The lowest BCUT2D eigenvalue weighted by Gasteiger charge is -2.23. The lowest BCUT2D eigenvalue weighted by atomic mass is 10.1. The van der Waals surface area contributed by atoms with E-state index in [1.54, 1.807) is 6.61 Å². The normalized spacial score (nSPS) is 21.0. The van der Waals surface area contributed by atoms with Gasteiger partial charge in [0.25, 0.3) is 0 Å². The Labute approximate surface area is 178 Å². The Morgan fingerprint density at radius 3 is 1.67 bits per heavy atom. The molecule has 0 aliphatic carbocycles. The number of rotatable bonds is 10. The van der Waals surface area contributed by atoms with Crippen LogP contribution in [-0.2, 0) is 38.8 Å². The van der Waals surface area contributed by atoms with Crippen LogP contribution in [-0.4, -0.2) is 24.9 Å². The topological polar surface area (TPSA) is 36.9 Å². The van der Waals surface area contributed by atoms with E-state index in [-0.39, 0.29) is 18.3 Å². The molecule has 30 heavy (non-hydrogen) atoms. The van der Waals surface area contributed by atoms with E-state index in [9.17, 15) is 0 Å². The van der Waals surface area contributed by atoms with Gasteiger partial charge in [-0.1, -0.05) is 91.0 Å². The van der Waals surface area contributed by atoms with Crippen LogP contribution in [0, 0.1) is 6.61 Å². The van der Waals surface area contributed by atoms with Crippen LogP contribution >= 0.6 is 0 Å². The molecular formula is C26H27O4. The molecule has 1 aliphatic rings. The third kappa shape index (κ3) is 6.00. The van der Waals surface area contributed by atoms with E-state index in [2.05, 4.69) is 36.4 Å². The molecule has 0 aromatic heterocycles. The third-order valence-electron chi connectivity index (χ3n) is 5.04. The molecule has 0 unspecified atom stereocenters. The van der Waals surface area contributed by atoms with Gasteiger partial charge in [0.2, 0.25) is 0 Å². The fraction of sp³-hybridized carbons (Fsp3) is 0.269. The van der Waals surface area contributed by atoms with E-state index < -0.39 is 0 Å².